The molecule has 30 heavy (non-hydrogen) atoms. The van der Waals surface area contributed by atoms with Crippen LogP contribution in [-0.4, -0.2) is 31.0 Å². The molecule has 0 unspecified atom stereocenters. The minimum atomic E-state index is -0.440. The van der Waals surface area contributed by atoms with E-state index >= 15 is 0 Å². The second-order valence-corrected chi connectivity index (χ2v) is 7.38. The van der Waals surface area contributed by atoms with Gasteiger partial charge in [-0.25, -0.2) is 4.79 Å². The van der Waals surface area contributed by atoms with Crippen molar-refractivity contribution in [2.45, 2.75) is 58.3 Å². The first-order valence-corrected chi connectivity index (χ1v) is 11.1. The maximum absolute atomic E-state index is 12.3. The maximum atomic E-state index is 12.3. The van der Waals surface area contributed by atoms with E-state index in [1.54, 1.807) is 0 Å². The monoisotopic (exact) mass is 413 g/mol. The average molecular weight is 414 g/mol. The normalized spacial score (nSPS) is 10.6. The summed E-state index contributed by atoms with van der Waals surface area (Å²) < 4.78 is 11.2. The number of hydrogen-bond donors (Lipinski definition) is 2. The number of nitrogens with one attached hydrogen (secondary N) is 1. The summed E-state index contributed by atoms with van der Waals surface area (Å²) in [4.78, 5) is 12.3. The summed E-state index contributed by atoms with van der Waals surface area (Å²) >= 11 is 0. The van der Waals surface area contributed by atoms with Crippen LogP contribution in [0.15, 0.2) is 48.5 Å². The van der Waals surface area contributed by atoms with Gasteiger partial charge in [0.15, 0.2) is 0 Å². The van der Waals surface area contributed by atoms with Crippen molar-refractivity contribution in [2.24, 2.45) is 0 Å². The van der Waals surface area contributed by atoms with E-state index in [1.165, 1.54) is 0 Å². The zero-order valence-electron chi connectivity index (χ0n) is 18.1. The maximum Gasteiger partial charge on any atom is 0.411 e. The molecule has 2 N–H and O–H groups in total. The van der Waals surface area contributed by atoms with Gasteiger partial charge >= 0.3 is 6.09 Å². The Morgan fingerprint density at radius 3 is 2.40 bits per heavy atom. The Morgan fingerprint density at radius 2 is 1.63 bits per heavy atom. The molecule has 0 aromatic heterocycles. The smallest absolute Gasteiger partial charge is 0.411 e. The van der Waals surface area contributed by atoms with Gasteiger partial charge < -0.3 is 14.6 Å². The van der Waals surface area contributed by atoms with Gasteiger partial charge in [-0.2, -0.15) is 0 Å². The number of hydrogen-bond acceptors (Lipinski definition) is 4. The van der Waals surface area contributed by atoms with Crippen molar-refractivity contribution in [3.63, 3.8) is 0 Å². The molecule has 1 amide bonds. The Labute approximate surface area is 180 Å². The van der Waals surface area contributed by atoms with Crippen LogP contribution in [0.5, 0.6) is 5.75 Å². The number of unbranched alkanes of at least 4 members (excludes halogenated alkanes) is 6. The molecule has 2 aromatic rings. The van der Waals surface area contributed by atoms with Crippen LogP contribution >= 0.6 is 0 Å². The van der Waals surface area contributed by atoms with Gasteiger partial charge in [0.05, 0.1) is 18.9 Å². The Morgan fingerprint density at radius 1 is 0.900 bits per heavy atom. The molecule has 2 rings (SSSR count). The van der Waals surface area contributed by atoms with Crippen molar-refractivity contribution in [3.05, 3.63) is 48.5 Å². The highest BCUT2D eigenvalue weighted by atomic mass is 16.5. The van der Waals surface area contributed by atoms with Crippen molar-refractivity contribution in [1.82, 2.24) is 0 Å². The molecule has 0 radical (unpaired) electrons. The largest absolute Gasteiger partial charge is 0.494 e. The molecule has 0 aliphatic heterocycles. The van der Waals surface area contributed by atoms with E-state index in [9.17, 15) is 4.79 Å². The van der Waals surface area contributed by atoms with Gasteiger partial charge in [-0.1, -0.05) is 62.9 Å². The van der Waals surface area contributed by atoms with Gasteiger partial charge in [-0.3, -0.25) is 5.32 Å². The lowest BCUT2D eigenvalue weighted by atomic mass is 10.0. The van der Waals surface area contributed by atoms with E-state index < -0.39 is 6.09 Å². The van der Waals surface area contributed by atoms with Crippen molar-refractivity contribution < 1.29 is 19.4 Å². The average Bonchev–Trinajstić information content (AvgIpc) is 2.77. The lowest BCUT2D eigenvalue weighted by Gasteiger charge is -2.14. The van der Waals surface area contributed by atoms with Gasteiger partial charge in [0.1, 0.15) is 5.75 Å². The van der Waals surface area contributed by atoms with Gasteiger partial charge in [-0.15, -0.1) is 0 Å². The molecule has 0 fully saturated rings. The van der Waals surface area contributed by atoms with Crippen LogP contribution in [-0.2, 0) is 4.74 Å². The van der Waals surface area contributed by atoms with Gasteiger partial charge in [0, 0.05) is 18.2 Å². The molecule has 0 aliphatic rings. The van der Waals surface area contributed by atoms with Crippen LogP contribution in [0.1, 0.15) is 58.3 Å². The van der Waals surface area contributed by atoms with E-state index in [4.69, 9.17) is 14.6 Å². The minimum absolute atomic E-state index is 0.242. The number of benzene rings is 2. The second-order valence-electron chi connectivity index (χ2n) is 7.38. The van der Waals surface area contributed by atoms with Crippen LogP contribution < -0.4 is 10.1 Å². The van der Waals surface area contributed by atoms with Crippen LogP contribution in [0.2, 0.25) is 0 Å². The molecule has 0 spiro atoms. The van der Waals surface area contributed by atoms with E-state index in [0.717, 1.165) is 68.2 Å². The van der Waals surface area contributed by atoms with Gasteiger partial charge in [0.25, 0.3) is 0 Å². The van der Waals surface area contributed by atoms with E-state index in [2.05, 4.69) is 12.2 Å². The zero-order valence-corrected chi connectivity index (χ0v) is 18.1. The summed E-state index contributed by atoms with van der Waals surface area (Å²) in [6.07, 6.45) is 7.62. The summed E-state index contributed by atoms with van der Waals surface area (Å²) in [7, 11) is 0. The Bertz CT molecular complexity index is 733. The SMILES string of the molecule is CCCCCCOC(=O)Nc1cc(OCCCCCCO)ccc1-c1ccccc1. The number of rotatable bonds is 14. The molecule has 0 saturated heterocycles. The number of carbonyl (C=O) groups excluding carboxylic acids is 1. The standard InChI is InChI=1S/C25H35NO4/c1-2-3-4-11-19-30-25(28)26-24-20-22(29-18-12-6-5-10-17-27)15-16-23(24)21-13-8-7-9-14-21/h7-9,13-16,20,27H,2-6,10-12,17-19H2,1H3,(H,26,28). The Hall–Kier alpha value is -2.53. The van der Waals surface area contributed by atoms with Crippen molar-refractivity contribution in [3.8, 4) is 16.9 Å². The summed E-state index contributed by atoms with van der Waals surface area (Å²) in [5, 5.41) is 11.7. The van der Waals surface area contributed by atoms with Gasteiger partial charge in [0.2, 0.25) is 0 Å². The minimum Gasteiger partial charge on any atom is -0.494 e. The molecule has 0 aliphatic carbocycles. The quantitative estimate of drug-likeness (QED) is 0.351. The number of aliphatic hydroxyl groups is 1. The first kappa shape index (κ1) is 23.7. The van der Waals surface area contributed by atoms with E-state index in [-0.39, 0.29) is 6.61 Å². The topological polar surface area (TPSA) is 67.8 Å². The second kappa shape index (κ2) is 14.5. The third-order valence-corrected chi connectivity index (χ3v) is 4.86. The highest BCUT2D eigenvalue weighted by molar-refractivity contribution is 5.92. The van der Waals surface area contributed by atoms with Crippen LogP contribution in [0.25, 0.3) is 11.1 Å². The Balaban J connectivity index is 1.99. The van der Waals surface area contributed by atoms with Crippen LogP contribution in [0.3, 0.4) is 0 Å². The molecule has 5 heteroatoms. The van der Waals surface area contributed by atoms with Crippen molar-refractivity contribution >= 4 is 11.8 Å². The molecular formula is C25H35NO4. The van der Waals surface area contributed by atoms with Crippen molar-refractivity contribution in [2.75, 3.05) is 25.1 Å². The first-order valence-electron chi connectivity index (χ1n) is 11.1. The Kier molecular flexibility index (Phi) is 11.4. The molecule has 0 bridgehead atoms. The summed E-state index contributed by atoms with van der Waals surface area (Å²) in [5.41, 5.74) is 2.62. The highest BCUT2D eigenvalue weighted by Crippen LogP contribution is 2.32. The number of amides is 1. The number of aliphatic hydroxyl groups excluding tert-OH is 1. The fourth-order valence-corrected chi connectivity index (χ4v) is 3.18. The van der Waals surface area contributed by atoms with E-state index in [0.29, 0.717) is 18.9 Å². The lowest BCUT2D eigenvalue weighted by molar-refractivity contribution is 0.159. The summed E-state index contributed by atoms with van der Waals surface area (Å²) in [5.74, 6) is 0.718. The molecule has 0 saturated carbocycles. The third kappa shape index (κ3) is 8.87. The number of anilines is 1. The number of ether oxygens (including phenoxy) is 2. The summed E-state index contributed by atoms with van der Waals surface area (Å²) in [6.45, 7) is 3.43. The molecular weight excluding hydrogens is 378 g/mol. The molecule has 0 atom stereocenters. The third-order valence-electron chi connectivity index (χ3n) is 4.86. The molecule has 5 nitrogen and oxygen atoms in total. The van der Waals surface area contributed by atoms with Gasteiger partial charge in [-0.05, 0) is 43.4 Å². The van der Waals surface area contributed by atoms with Crippen LogP contribution in [0.4, 0.5) is 10.5 Å². The van der Waals surface area contributed by atoms with Crippen molar-refractivity contribution in [1.29, 1.82) is 0 Å². The fraction of sp³-hybridized carbons (Fsp3) is 0.480. The molecule has 164 valence electrons. The predicted molar refractivity (Wildman–Crippen MR) is 122 cm³/mol. The zero-order chi connectivity index (χ0) is 21.4. The fourth-order valence-electron chi connectivity index (χ4n) is 3.18. The molecule has 2 aromatic carbocycles. The lowest BCUT2D eigenvalue weighted by Crippen LogP contribution is -2.15. The highest BCUT2D eigenvalue weighted by Gasteiger charge is 2.11. The molecule has 0 heterocycles. The van der Waals surface area contributed by atoms with E-state index in [1.807, 2.05) is 48.5 Å². The predicted octanol–water partition coefficient (Wildman–Crippen LogP) is 6.41. The summed E-state index contributed by atoms with van der Waals surface area (Å²) in [6, 6.07) is 15.7. The van der Waals surface area contributed by atoms with Crippen LogP contribution in [0, 0.1) is 0 Å². The number of carbonyl (C=O) groups is 1. The first-order chi connectivity index (χ1) is 14.7.